The summed E-state index contributed by atoms with van der Waals surface area (Å²) in [6.45, 7) is -0.197. The molecule has 0 aliphatic rings. The molecule has 0 fully saturated rings. The summed E-state index contributed by atoms with van der Waals surface area (Å²) in [5.74, 6) is -2.19. The van der Waals surface area contributed by atoms with E-state index in [2.05, 4.69) is 4.72 Å². The number of rotatable bonds is 4. The number of hydrogen-bond acceptors (Lipinski definition) is 3. The van der Waals surface area contributed by atoms with Crippen molar-refractivity contribution in [1.82, 2.24) is 0 Å². The molecule has 0 radical (unpaired) electrons. The van der Waals surface area contributed by atoms with Crippen molar-refractivity contribution in [3.8, 4) is 0 Å². The maximum absolute atomic E-state index is 13.0. The number of aliphatic hydroxyl groups is 1. The molecule has 106 valence electrons. The molecule has 20 heavy (non-hydrogen) atoms. The lowest BCUT2D eigenvalue weighted by Gasteiger charge is -2.08. The molecular weight excluding hydrogens is 288 g/mol. The summed E-state index contributed by atoms with van der Waals surface area (Å²) >= 11 is 0. The minimum atomic E-state index is -3.89. The van der Waals surface area contributed by atoms with E-state index in [0.29, 0.717) is 5.56 Å². The van der Waals surface area contributed by atoms with Crippen molar-refractivity contribution in [3.63, 3.8) is 0 Å². The summed E-state index contributed by atoms with van der Waals surface area (Å²) in [4.78, 5) is -0.0422. The van der Waals surface area contributed by atoms with E-state index in [1.54, 1.807) is 0 Å². The van der Waals surface area contributed by atoms with Crippen molar-refractivity contribution in [1.29, 1.82) is 0 Å². The van der Waals surface area contributed by atoms with Crippen molar-refractivity contribution < 1.29 is 22.3 Å². The number of aliphatic hydroxyl groups excluding tert-OH is 1. The van der Waals surface area contributed by atoms with Gasteiger partial charge in [0.15, 0.2) is 11.6 Å². The molecule has 0 aliphatic heterocycles. The molecule has 0 aliphatic carbocycles. The van der Waals surface area contributed by atoms with Gasteiger partial charge in [0.05, 0.1) is 17.2 Å². The van der Waals surface area contributed by atoms with Crippen LogP contribution in [0.4, 0.5) is 14.5 Å². The third-order valence-electron chi connectivity index (χ3n) is 2.59. The summed E-state index contributed by atoms with van der Waals surface area (Å²) in [5.41, 5.74) is 0.493. The number of benzene rings is 2. The first kappa shape index (κ1) is 14.4. The Morgan fingerprint density at radius 1 is 1.00 bits per heavy atom. The Bertz CT molecular complexity index is 715. The van der Waals surface area contributed by atoms with Gasteiger partial charge in [0.25, 0.3) is 10.0 Å². The number of halogens is 2. The van der Waals surface area contributed by atoms with E-state index in [-0.39, 0.29) is 17.2 Å². The lowest BCUT2D eigenvalue weighted by molar-refractivity contribution is 0.282. The molecule has 4 nitrogen and oxygen atoms in total. The zero-order valence-corrected chi connectivity index (χ0v) is 11.0. The first-order chi connectivity index (χ1) is 9.42. The molecule has 0 amide bonds. The van der Waals surface area contributed by atoms with Gasteiger partial charge < -0.3 is 5.11 Å². The van der Waals surface area contributed by atoms with Crippen LogP contribution in [-0.2, 0) is 16.6 Å². The Labute approximate surface area is 114 Å². The monoisotopic (exact) mass is 299 g/mol. The average molecular weight is 299 g/mol. The van der Waals surface area contributed by atoms with Gasteiger partial charge in [0.1, 0.15) is 0 Å². The Morgan fingerprint density at radius 2 is 1.65 bits per heavy atom. The van der Waals surface area contributed by atoms with E-state index in [4.69, 9.17) is 5.11 Å². The molecule has 0 saturated heterocycles. The van der Waals surface area contributed by atoms with Crippen LogP contribution in [0.1, 0.15) is 5.56 Å². The maximum Gasteiger partial charge on any atom is 0.261 e. The fourth-order valence-corrected chi connectivity index (χ4v) is 2.60. The Hall–Kier alpha value is -1.99. The number of sulfonamides is 1. The molecule has 2 aromatic carbocycles. The van der Waals surface area contributed by atoms with E-state index in [1.165, 1.54) is 24.3 Å². The first-order valence-corrected chi connectivity index (χ1v) is 7.08. The predicted molar refractivity (Wildman–Crippen MR) is 69.5 cm³/mol. The van der Waals surface area contributed by atoms with Crippen molar-refractivity contribution in [2.75, 3.05) is 4.72 Å². The maximum atomic E-state index is 13.0. The van der Waals surface area contributed by atoms with Crippen LogP contribution in [0, 0.1) is 11.6 Å². The second-order valence-electron chi connectivity index (χ2n) is 4.04. The highest BCUT2D eigenvalue weighted by molar-refractivity contribution is 7.92. The molecule has 0 spiro atoms. The summed E-state index contributed by atoms with van der Waals surface area (Å²) in [6.07, 6.45) is 0. The molecule has 0 heterocycles. The minimum Gasteiger partial charge on any atom is -0.392 e. The van der Waals surface area contributed by atoms with Crippen LogP contribution in [0.2, 0.25) is 0 Å². The highest BCUT2D eigenvalue weighted by Gasteiger charge is 2.15. The Balaban J connectivity index is 2.27. The molecule has 2 aromatic rings. The van der Waals surface area contributed by atoms with Crippen LogP contribution >= 0.6 is 0 Å². The fraction of sp³-hybridized carbons (Fsp3) is 0.0769. The molecule has 0 aromatic heterocycles. The zero-order chi connectivity index (χ0) is 14.8. The van der Waals surface area contributed by atoms with Crippen molar-refractivity contribution in [2.24, 2.45) is 0 Å². The van der Waals surface area contributed by atoms with Gasteiger partial charge in [-0.1, -0.05) is 12.1 Å². The number of hydrogen-bond donors (Lipinski definition) is 2. The summed E-state index contributed by atoms with van der Waals surface area (Å²) in [7, 11) is -3.89. The SMILES string of the molecule is O=S(=O)(Nc1ccc(F)c(F)c1)c1ccc(CO)cc1. The van der Waals surface area contributed by atoms with E-state index >= 15 is 0 Å². The third-order valence-corrected chi connectivity index (χ3v) is 3.99. The van der Waals surface area contributed by atoms with Gasteiger partial charge in [-0.15, -0.1) is 0 Å². The fourth-order valence-electron chi connectivity index (χ4n) is 1.55. The molecule has 0 unspecified atom stereocenters. The van der Waals surface area contributed by atoms with Crippen molar-refractivity contribution in [3.05, 3.63) is 59.7 Å². The third kappa shape index (κ3) is 3.12. The molecule has 0 atom stereocenters. The highest BCUT2D eigenvalue weighted by Crippen LogP contribution is 2.18. The topological polar surface area (TPSA) is 66.4 Å². The molecule has 2 rings (SSSR count). The average Bonchev–Trinajstić information content (AvgIpc) is 2.43. The van der Waals surface area contributed by atoms with Gasteiger partial charge in [0.2, 0.25) is 0 Å². The van der Waals surface area contributed by atoms with Crippen LogP contribution in [0.5, 0.6) is 0 Å². The van der Waals surface area contributed by atoms with Crippen LogP contribution in [0.3, 0.4) is 0 Å². The van der Waals surface area contributed by atoms with Gasteiger partial charge in [-0.25, -0.2) is 17.2 Å². The van der Waals surface area contributed by atoms with Gasteiger partial charge >= 0.3 is 0 Å². The van der Waals surface area contributed by atoms with E-state index < -0.39 is 21.7 Å². The molecule has 2 N–H and O–H groups in total. The number of anilines is 1. The van der Waals surface area contributed by atoms with E-state index in [9.17, 15) is 17.2 Å². The predicted octanol–water partition coefficient (Wildman–Crippen LogP) is 2.26. The van der Waals surface area contributed by atoms with Crippen LogP contribution in [0.25, 0.3) is 0 Å². The zero-order valence-electron chi connectivity index (χ0n) is 10.2. The Kier molecular flexibility index (Phi) is 4.01. The molecule has 7 heteroatoms. The first-order valence-electron chi connectivity index (χ1n) is 5.60. The summed E-state index contributed by atoms with van der Waals surface area (Å²) in [5, 5.41) is 8.88. The van der Waals surface area contributed by atoms with Crippen LogP contribution < -0.4 is 4.72 Å². The summed E-state index contributed by atoms with van der Waals surface area (Å²) < 4.78 is 51.9. The van der Waals surface area contributed by atoms with E-state index in [0.717, 1.165) is 18.2 Å². The van der Waals surface area contributed by atoms with Gasteiger partial charge in [-0.05, 0) is 29.8 Å². The summed E-state index contributed by atoms with van der Waals surface area (Å²) in [6, 6.07) is 8.26. The van der Waals surface area contributed by atoms with Crippen molar-refractivity contribution in [2.45, 2.75) is 11.5 Å². The number of nitrogens with one attached hydrogen (secondary N) is 1. The highest BCUT2D eigenvalue weighted by atomic mass is 32.2. The molecule has 0 bridgehead atoms. The smallest absolute Gasteiger partial charge is 0.261 e. The van der Waals surface area contributed by atoms with Crippen LogP contribution in [-0.4, -0.2) is 13.5 Å². The molecule has 0 saturated carbocycles. The molecular formula is C13H11F2NO3S. The standard InChI is InChI=1S/C13H11F2NO3S/c14-12-6-3-10(7-13(12)15)16-20(18,19)11-4-1-9(8-17)2-5-11/h1-7,16-17H,8H2. The lowest BCUT2D eigenvalue weighted by Crippen LogP contribution is -2.13. The second kappa shape index (κ2) is 5.56. The lowest BCUT2D eigenvalue weighted by atomic mass is 10.2. The quantitative estimate of drug-likeness (QED) is 0.910. The normalized spacial score (nSPS) is 11.3. The largest absolute Gasteiger partial charge is 0.392 e. The van der Waals surface area contributed by atoms with Crippen molar-refractivity contribution >= 4 is 15.7 Å². The minimum absolute atomic E-state index is 0.0422. The van der Waals surface area contributed by atoms with Gasteiger partial charge in [-0.2, -0.15) is 0 Å². The second-order valence-corrected chi connectivity index (χ2v) is 5.72. The van der Waals surface area contributed by atoms with Crippen LogP contribution in [0.15, 0.2) is 47.4 Å². The van der Waals surface area contributed by atoms with E-state index in [1.807, 2.05) is 0 Å². The Morgan fingerprint density at radius 3 is 2.20 bits per heavy atom. The van der Waals surface area contributed by atoms with Gasteiger partial charge in [-0.3, -0.25) is 4.72 Å². The van der Waals surface area contributed by atoms with Gasteiger partial charge in [0, 0.05) is 6.07 Å².